The molecule has 1 aromatic rings. The van der Waals surface area contributed by atoms with Gasteiger partial charge in [-0.3, -0.25) is 0 Å². The Morgan fingerprint density at radius 3 is 2.58 bits per heavy atom. The third kappa shape index (κ3) is 4.69. The van der Waals surface area contributed by atoms with E-state index in [1.165, 1.54) is 17.4 Å². The normalized spacial score (nSPS) is 15.9. The van der Waals surface area contributed by atoms with E-state index in [2.05, 4.69) is 11.4 Å². The molecular weight excluding hydrogens is 262 g/mol. The van der Waals surface area contributed by atoms with Crippen LogP contribution in [0.3, 0.4) is 0 Å². The number of ether oxygens (including phenoxy) is 1. The first-order valence-corrected chi connectivity index (χ1v) is 8.41. The highest BCUT2D eigenvalue weighted by molar-refractivity contribution is 7.90. The molecule has 0 fully saturated rings. The second-order valence-electron chi connectivity index (χ2n) is 4.69. The summed E-state index contributed by atoms with van der Waals surface area (Å²) < 4.78 is 27.4. The maximum Gasteiger partial charge on any atom is 0.150 e. The standard InChI is InChI=1S/C14H19NO3S/c1-19(16,17)11-10-18-14-4-2-12(3-5-14)13-6-8-15-9-7-13/h2-6,15H,7-11H2,1H3. The summed E-state index contributed by atoms with van der Waals surface area (Å²) >= 11 is 0. The first-order chi connectivity index (χ1) is 9.04. The molecule has 0 spiro atoms. The quantitative estimate of drug-likeness (QED) is 0.888. The molecule has 1 aliphatic heterocycles. The molecule has 0 saturated carbocycles. The van der Waals surface area contributed by atoms with Crippen molar-refractivity contribution in [3.05, 3.63) is 35.9 Å². The van der Waals surface area contributed by atoms with Gasteiger partial charge in [0.25, 0.3) is 0 Å². The number of rotatable bonds is 5. The topological polar surface area (TPSA) is 55.4 Å². The van der Waals surface area contributed by atoms with Crippen LogP contribution in [0.25, 0.3) is 5.57 Å². The van der Waals surface area contributed by atoms with E-state index in [-0.39, 0.29) is 12.4 Å². The van der Waals surface area contributed by atoms with Crippen LogP contribution in [-0.4, -0.2) is 40.1 Å². The van der Waals surface area contributed by atoms with Gasteiger partial charge in [-0.1, -0.05) is 18.2 Å². The van der Waals surface area contributed by atoms with Crippen LogP contribution < -0.4 is 10.1 Å². The monoisotopic (exact) mass is 281 g/mol. The van der Waals surface area contributed by atoms with E-state index in [1.807, 2.05) is 24.3 Å². The highest BCUT2D eigenvalue weighted by Crippen LogP contribution is 2.22. The Morgan fingerprint density at radius 2 is 2.00 bits per heavy atom. The predicted molar refractivity (Wildman–Crippen MR) is 77.1 cm³/mol. The second-order valence-corrected chi connectivity index (χ2v) is 6.95. The Hall–Kier alpha value is -1.33. The van der Waals surface area contributed by atoms with Crippen LogP contribution in [0.5, 0.6) is 5.75 Å². The van der Waals surface area contributed by atoms with Crippen molar-refractivity contribution >= 4 is 15.4 Å². The highest BCUT2D eigenvalue weighted by Gasteiger charge is 2.06. The summed E-state index contributed by atoms with van der Waals surface area (Å²) in [4.78, 5) is 0. The molecule has 0 aliphatic carbocycles. The van der Waals surface area contributed by atoms with E-state index >= 15 is 0 Å². The van der Waals surface area contributed by atoms with Crippen LogP contribution in [-0.2, 0) is 9.84 Å². The Bertz CT molecular complexity index is 547. The van der Waals surface area contributed by atoms with E-state index in [1.54, 1.807) is 0 Å². The fraction of sp³-hybridized carbons (Fsp3) is 0.429. The smallest absolute Gasteiger partial charge is 0.150 e. The van der Waals surface area contributed by atoms with Crippen molar-refractivity contribution in [2.75, 3.05) is 31.7 Å². The average molecular weight is 281 g/mol. The van der Waals surface area contributed by atoms with Gasteiger partial charge in [0, 0.05) is 12.8 Å². The van der Waals surface area contributed by atoms with E-state index < -0.39 is 9.84 Å². The lowest BCUT2D eigenvalue weighted by atomic mass is 10.0. The fourth-order valence-corrected chi connectivity index (χ4v) is 2.35. The lowest BCUT2D eigenvalue weighted by molar-refractivity contribution is 0.341. The molecule has 0 saturated heterocycles. The van der Waals surface area contributed by atoms with Crippen molar-refractivity contribution in [2.45, 2.75) is 6.42 Å². The van der Waals surface area contributed by atoms with Gasteiger partial charge in [0.05, 0.1) is 5.75 Å². The van der Waals surface area contributed by atoms with Crippen molar-refractivity contribution in [3.8, 4) is 5.75 Å². The summed E-state index contributed by atoms with van der Waals surface area (Å²) in [5.74, 6) is 0.757. The van der Waals surface area contributed by atoms with Gasteiger partial charge >= 0.3 is 0 Å². The maximum absolute atomic E-state index is 11.0. The Kier molecular flexibility index (Phi) is 4.61. The van der Waals surface area contributed by atoms with Crippen molar-refractivity contribution in [1.82, 2.24) is 5.32 Å². The van der Waals surface area contributed by atoms with Gasteiger partial charge in [0.1, 0.15) is 12.4 Å². The molecule has 4 nitrogen and oxygen atoms in total. The Labute approximate surface area is 114 Å². The number of hydrogen-bond acceptors (Lipinski definition) is 4. The highest BCUT2D eigenvalue weighted by atomic mass is 32.2. The Morgan fingerprint density at radius 1 is 1.26 bits per heavy atom. The largest absolute Gasteiger partial charge is 0.493 e. The van der Waals surface area contributed by atoms with Gasteiger partial charge in [0.15, 0.2) is 9.84 Å². The first-order valence-electron chi connectivity index (χ1n) is 6.35. The van der Waals surface area contributed by atoms with Gasteiger partial charge in [-0.15, -0.1) is 0 Å². The summed E-state index contributed by atoms with van der Waals surface area (Å²) in [5.41, 5.74) is 2.55. The molecule has 0 radical (unpaired) electrons. The third-order valence-electron chi connectivity index (χ3n) is 3.01. The molecule has 0 unspecified atom stereocenters. The van der Waals surface area contributed by atoms with Crippen molar-refractivity contribution in [1.29, 1.82) is 0 Å². The Balaban J connectivity index is 1.93. The van der Waals surface area contributed by atoms with Crippen molar-refractivity contribution in [2.24, 2.45) is 0 Å². The molecule has 0 atom stereocenters. The minimum Gasteiger partial charge on any atom is -0.493 e. The molecule has 1 aliphatic rings. The second kappa shape index (κ2) is 6.21. The summed E-state index contributed by atoms with van der Waals surface area (Å²) in [5, 5.41) is 3.28. The molecule has 104 valence electrons. The van der Waals surface area contributed by atoms with E-state index in [9.17, 15) is 8.42 Å². The van der Waals surface area contributed by atoms with Crippen molar-refractivity contribution < 1.29 is 13.2 Å². The van der Waals surface area contributed by atoms with E-state index in [4.69, 9.17) is 4.74 Å². The van der Waals surface area contributed by atoms with Gasteiger partial charge in [-0.05, 0) is 36.2 Å². The maximum atomic E-state index is 11.0. The molecule has 0 amide bonds. The first kappa shape index (κ1) is 14.1. The van der Waals surface area contributed by atoms with E-state index in [0.29, 0.717) is 5.75 Å². The van der Waals surface area contributed by atoms with Gasteiger partial charge in [0.2, 0.25) is 0 Å². The molecule has 2 rings (SSSR count). The van der Waals surface area contributed by atoms with Gasteiger partial charge in [-0.25, -0.2) is 8.42 Å². The summed E-state index contributed by atoms with van der Waals surface area (Å²) in [6.07, 6.45) is 4.44. The van der Waals surface area contributed by atoms with Crippen LogP contribution in [0.1, 0.15) is 12.0 Å². The zero-order chi connectivity index (χ0) is 13.7. The number of hydrogen-bond donors (Lipinski definition) is 1. The molecule has 0 bridgehead atoms. The average Bonchev–Trinajstić information content (AvgIpc) is 2.39. The van der Waals surface area contributed by atoms with Crippen LogP contribution in [0.4, 0.5) is 0 Å². The fourth-order valence-electron chi connectivity index (χ4n) is 1.96. The zero-order valence-electron chi connectivity index (χ0n) is 11.1. The number of benzene rings is 1. The molecule has 1 aromatic carbocycles. The zero-order valence-corrected chi connectivity index (χ0v) is 11.9. The molecule has 1 N–H and O–H groups in total. The van der Waals surface area contributed by atoms with Crippen molar-refractivity contribution in [3.63, 3.8) is 0 Å². The van der Waals surface area contributed by atoms with Gasteiger partial charge in [-0.2, -0.15) is 0 Å². The minimum atomic E-state index is -2.96. The molecule has 19 heavy (non-hydrogen) atoms. The van der Waals surface area contributed by atoms with Crippen LogP contribution in [0, 0.1) is 0 Å². The third-order valence-corrected chi connectivity index (χ3v) is 3.92. The number of sulfone groups is 1. The summed E-state index contributed by atoms with van der Waals surface area (Å²) in [7, 11) is -2.96. The molecule has 5 heteroatoms. The van der Waals surface area contributed by atoms with E-state index in [0.717, 1.165) is 19.5 Å². The SMILES string of the molecule is CS(=O)(=O)CCOc1ccc(C2=CCNCC2)cc1. The summed E-state index contributed by atoms with van der Waals surface area (Å²) in [6, 6.07) is 7.82. The number of nitrogens with one attached hydrogen (secondary N) is 1. The van der Waals surface area contributed by atoms with Crippen LogP contribution in [0.15, 0.2) is 30.3 Å². The van der Waals surface area contributed by atoms with Crippen LogP contribution in [0.2, 0.25) is 0 Å². The van der Waals surface area contributed by atoms with Crippen LogP contribution >= 0.6 is 0 Å². The molecular formula is C14H19NO3S. The lowest BCUT2D eigenvalue weighted by Gasteiger charge is -2.14. The minimum absolute atomic E-state index is 0.0472. The molecule has 1 heterocycles. The predicted octanol–water partition coefficient (Wildman–Crippen LogP) is 1.49. The molecule has 0 aromatic heterocycles. The lowest BCUT2D eigenvalue weighted by Crippen LogP contribution is -2.19. The summed E-state index contributed by atoms with van der Waals surface area (Å²) in [6.45, 7) is 2.13. The van der Waals surface area contributed by atoms with Gasteiger partial charge < -0.3 is 10.1 Å².